The monoisotopic (exact) mass is 354 g/mol. The molecule has 0 fully saturated rings. The summed E-state index contributed by atoms with van der Waals surface area (Å²) in [4.78, 5) is 20.9. The van der Waals surface area contributed by atoms with Crippen molar-refractivity contribution in [1.29, 1.82) is 5.26 Å². The molecule has 2 rings (SSSR count). The van der Waals surface area contributed by atoms with Crippen LogP contribution in [0.15, 0.2) is 35.4 Å². The van der Waals surface area contributed by atoms with Gasteiger partial charge in [0.1, 0.15) is 22.5 Å². The van der Waals surface area contributed by atoms with E-state index in [1.807, 2.05) is 30.3 Å². The van der Waals surface area contributed by atoms with Crippen molar-refractivity contribution in [3.63, 3.8) is 0 Å². The lowest BCUT2D eigenvalue weighted by Gasteiger charge is -2.23. The predicted octanol–water partition coefficient (Wildman–Crippen LogP) is 3.57. The van der Waals surface area contributed by atoms with Crippen LogP contribution >= 0.6 is 11.8 Å². The Morgan fingerprint density at radius 2 is 1.92 bits per heavy atom. The molecule has 0 radical (unpaired) electrons. The van der Waals surface area contributed by atoms with Crippen molar-refractivity contribution in [2.75, 3.05) is 5.75 Å². The van der Waals surface area contributed by atoms with Crippen molar-refractivity contribution in [2.45, 2.75) is 38.8 Å². The Hall–Kier alpha value is -2.39. The fourth-order valence-electron chi connectivity index (χ4n) is 2.56. The first kappa shape index (κ1) is 18.9. The van der Waals surface area contributed by atoms with Crippen molar-refractivity contribution in [3.8, 4) is 6.07 Å². The van der Waals surface area contributed by atoms with Crippen molar-refractivity contribution >= 4 is 17.7 Å². The highest BCUT2D eigenvalue weighted by Gasteiger charge is 2.19. The molecule has 1 heterocycles. The minimum atomic E-state index is -0.0784. The predicted molar refractivity (Wildman–Crippen MR) is 99.1 cm³/mol. The number of carbonyl (C=O) groups is 1. The summed E-state index contributed by atoms with van der Waals surface area (Å²) >= 11 is 1.27. The van der Waals surface area contributed by atoms with Gasteiger partial charge < -0.3 is 5.32 Å². The van der Waals surface area contributed by atoms with Crippen LogP contribution in [0, 0.1) is 31.1 Å². The molecule has 1 N–H and O–H groups in total. The van der Waals surface area contributed by atoms with Crippen LogP contribution in [-0.4, -0.2) is 21.6 Å². The summed E-state index contributed by atoms with van der Waals surface area (Å²) < 4.78 is 0. The molecule has 2 aromatic rings. The molecular formula is C19H22N4OS. The van der Waals surface area contributed by atoms with Crippen molar-refractivity contribution < 1.29 is 4.79 Å². The van der Waals surface area contributed by atoms with Crippen LogP contribution in [0.2, 0.25) is 0 Å². The summed E-state index contributed by atoms with van der Waals surface area (Å²) in [5, 5.41) is 12.9. The van der Waals surface area contributed by atoms with E-state index in [2.05, 4.69) is 35.2 Å². The molecule has 1 aromatic heterocycles. The van der Waals surface area contributed by atoms with Crippen LogP contribution in [0.3, 0.4) is 0 Å². The smallest absolute Gasteiger partial charge is 0.230 e. The molecule has 0 aliphatic rings. The lowest BCUT2D eigenvalue weighted by Crippen LogP contribution is -2.33. The maximum absolute atomic E-state index is 12.4. The number of aromatic nitrogens is 2. The molecule has 1 atom stereocenters. The number of nitriles is 1. The third-order valence-corrected chi connectivity index (χ3v) is 4.74. The Morgan fingerprint density at radius 1 is 1.24 bits per heavy atom. The first-order valence-electron chi connectivity index (χ1n) is 8.14. The highest BCUT2D eigenvalue weighted by molar-refractivity contribution is 8.00. The molecular weight excluding hydrogens is 332 g/mol. The van der Waals surface area contributed by atoms with Gasteiger partial charge in [0.15, 0.2) is 0 Å². The second kappa shape index (κ2) is 8.63. The lowest BCUT2D eigenvalue weighted by molar-refractivity contribution is -0.119. The first-order chi connectivity index (χ1) is 11.9. The van der Waals surface area contributed by atoms with E-state index >= 15 is 0 Å². The molecule has 130 valence electrons. The average Bonchev–Trinajstić information content (AvgIpc) is 2.58. The van der Waals surface area contributed by atoms with Crippen molar-refractivity contribution in [3.05, 3.63) is 53.0 Å². The Labute approximate surface area is 152 Å². The number of aryl methyl sites for hydroxylation is 2. The second-order valence-electron chi connectivity index (χ2n) is 6.14. The number of hydrogen-bond donors (Lipinski definition) is 1. The molecule has 0 aliphatic heterocycles. The third-order valence-electron chi connectivity index (χ3n) is 3.76. The molecule has 25 heavy (non-hydrogen) atoms. The van der Waals surface area contributed by atoms with Gasteiger partial charge in [0.25, 0.3) is 0 Å². The molecule has 1 amide bonds. The maximum Gasteiger partial charge on any atom is 0.230 e. The van der Waals surface area contributed by atoms with Crippen molar-refractivity contribution in [1.82, 2.24) is 15.3 Å². The quantitative estimate of drug-likeness (QED) is 0.634. The Kier molecular flexibility index (Phi) is 6.54. The van der Waals surface area contributed by atoms with Crippen LogP contribution in [-0.2, 0) is 4.79 Å². The van der Waals surface area contributed by atoms with Gasteiger partial charge in [-0.15, -0.1) is 0 Å². The van der Waals surface area contributed by atoms with Crippen LogP contribution in [0.1, 0.15) is 42.5 Å². The minimum absolute atomic E-state index is 0.0430. The van der Waals surface area contributed by atoms with Gasteiger partial charge in [0.05, 0.1) is 17.5 Å². The van der Waals surface area contributed by atoms with Gasteiger partial charge in [-0.3, -0.25) is 4.79 Å². The summed E-state index contributed by atoms with van der Waals surface area (Å²) in [6, 6.07) is 12.0. The van der Waals surface area contributed by atoms with Crippen LogP contribution in [0.4, 0.5) is 0 Å². The number of carbonyl (C=O) groups excluding carboxylic acids is 1. The Bertz CT molecular complexity index is 784. The number of hydrogen-bond acceptors (Lipinski definition) is 5. The van der Waals surface area contributed by atoms with Crippen LogP contribution < -0.4 is 5.32 Å². The summed E-state index contributed by atoms with van der Waals surface area (Å²) in [7, 11) is 0. The zero-order valence-electron chi connectivity index (χ0n) is 14.9. The standard InChI is InChI=1S/C19H22N4OS/c1-12(2)18(15-8-6-5-7-9-15)23-17(24)11-25-19-16(10-20)13(3)21-14(4)22-19/h5-9,12,18H,11H2,1-4H3,(H,23,24). The number of rotatable bonds is 6. The van der Waals surface area contributed by atoms with E-state index in [4.69, 9.17) is 0 Å². The van der Waals surface area contributed by atoms with E-state index in [0.717, 1.165) is 5.56 Å². The number of benzene rings is 1. The minimum Gasteiger partial charge on any atom is -0.348 e. The molecule has 0 aliphatic carbocycles. The summed E-state index contributed by atoms with van der Waals surface area (Å²) in [6.07, 6.45) is 0. The van der Waals surface area contributed by atoms with Gasteiger partial charge >= 0.3 is 0 Å². The summed E-state index contributed by atoms with van der Waals surface area (Å²) in [5.74, 6) is 1.00. The number of thioether (sulfide) groups is 1. The van der Waals surface area contributed by atoms with E-state index in [1.54, 1.807) is 13.8 Å². The fraction of sp³-hybridized carbons (Fsp3) is 0.368. The summed E-state index contributed by atoms with van der Waals surface area (Å²) in [5.41, 5.74) is 2.16. The molecule has 6 heteroatoms. The largest absolute Gasteiger partial charge is 0.348 e. The highest BCUT2D eigenvalue weighted by Crippen LogP contribution is 2.24. The molecule has 0 saturated carbocycles. The maximum atomic E-state index is 12.4. The number of amides is 1. The Balaban J connectivity index is 2.07. The topological polar surface area (TPSA) is 78.7 Å². The first-order valence-corrected chi connectivity index (χ1v) is 9.13. The molecule has 0 bridgehead atoms. The van der Waals surface area contributed by atoms with E-state index in [0.29, 0.717) is 22.1 Å². The molecule has 1 unspecified atom stereocenters. The Morgan fingerprint density at radius 3 is 2.52 bits per heavy atom. The van der Waals surface area contributed by atoms with Gasteiger partial charge in [0.2, 0.25) is 5.91 Å². The average molecular weight is 354 g/mol. The van der Waals surface area contributed by atoms with E-state index in [9.17, 15) is 10.1 Å². The normalized spacial score (nSPS) is 11.8. The lowest BCUT2D eigenvalue weighted by atomic mass is 9.96. The van der Waals surface area contributed by atoms with Gasteiger partial charge in [-0.2, -0.15) is 5.26 Å². The van der Waals surface area contributed by atoms with Crippen LogP contribution in [0.5, 0.6) is 0 Å². The molecule has 0 spiro atoms. The number of nitrogens with one attached hydrogen (secondary N) is 1. The van der Waals surface area contributed by atoms with Gasteiger partial charge in [-0.05, 0) is 25.3 Å². The van der Waals surface area contributed by atoms with Crippen LogP contribution in [0.25, 0.3) is 0 Å². The van der Waals surface area contributed by atoms with E-state index in [1.165, 1.54) is 11.8 Å². The van der Waals surface area contributed by atoms with Crippen molar-refractivity contribution in [2.24, 2.45) is 5.92 Å². The van der Waals surface area contributed by atoms with Gasteiger partial charge in [0, 0.05) is 0 Å². The zero-order valence-corrected chi connectivity index (χ0v) is 15.7. The zero-order chi connectivity index (χ0) is 18.4. The molecule has 0 saturated heterocycles. The molecule has 1 aromatic carbocycles. The second-order valence-corrected chi connectivity index (χ2v) is 7.10. The third kappa shape index (κ3) is 5.04. The van der Waals surface area contributed by atoms with Gasteiger partial charge in [-0.25, -0.2) is 9.97 Å². The SMILES string of the molecule is Cc1nc(C)c(C#N)c(SCC(=O)NC(c2ccccc2)C(C)C)n1. The van der Waals surface area contributed by atoms with E-state index in [-0.39, 0.29) is 23.6 Å². The highest BCUT2D eigenvalue weighted by atomic mass is 32.2. The summed E-state index contributed by atoms with van der Waals surface area (Å²) in [6.45, 7) is 7.72. The fourth-order valence-corrected chi connectivity index (χ4v) is 3.44. The molecule has 5 nitrogen and oxygen atoms in total. The van der Waals surface area contributed by atoms with E-state index < -0.39 is 0 Å². The number of nitrogens with zero attached hydrogens (tertiary/aromatic N) is 3. The van der Waals surface area contributed by atoms with Gasteiger partial charge in [-0.1, -0.05) is 55.9 Å².